The van der Waals surface area contributed by atoms with Gasteiger partial charge in [0.2, 0.25) is 5.88 Å². The number of rotatable bonds is 8. The lowest BCUT2D eigenvalue weighted by atomic mass is 10.2. The predicted molar refractivity (Wildman–Crippen MR) is 123 cm³/mol. The molecular formula is C22H22Cl3N3O3. The molecule has 1 N–H and O–H groups in total. The van der Waals surface area contributed by atoms with Crippen molar-refractivity contribution >= 4 is 40.8 Å². The molecule has 0 aliphatic carbocycles. The second-order valence-electron chi connectivity index (χ2n) is 6.95. The summed E-state index contributed by atoms with van der Waals surface area (Å²) in [5, 5.41) is 9.23. The molecule has 0 aliphatic heterocycles. The zero-order valence-electron chi connectivity index (χ0n) is 17.3. The van der Waals surface area contributed by atoms with E-state index in [1.807, 2.05) is 13.8 Å². The lowest BCUT2D eigenvalue weighted by Gasteiger charge is -2.14. The van der Waals surface area contributed by atoms with Crippen LogP contribution in [0.15, 0.2) is 42.5 Å². The fraction of sp³-hybridized carbons (Fsp3) is 0.273. The first-order valence-corrected chi connectivity index (χ1v) is 10.8. The van der Waals surface area contributed by atoms with Crippen LogP contribution in [0.2, 0.25) is 15.1 Å². The number of ether oxygens (including phenoxy) is 2. The molecule has 9 heteroatoms. The van der Waals surface area contributed by atoms with Crippen molar-refractivity contribution in [1.82, 2.24) is 15.1 Å². The number of halogens is 3. The second-order valence-corrected chi connectivity index (χ2v) is 8.23. The molecule has 1 heterocycles. The number of aromatic nitrogens is 2. The minimum Gasteiger partial charge on any atom is -0.461 e. The molecule has 0 fully saturated rings. The molecule has 0 saturated carbocycles. The van der Waals surface area contributed by atoms with E-state index in [0.717, 1.165) is 0 Å². The maximum atomic E-state index is 12.7. The highest BCUT2D eigenvalue weighted by Gasteiger charge is 2.27. The molecule has 0 amide bonds. The third kappa shape index (κ3) is 5.71. The van der Waals surface area contributed by atoms with Crippen molar-refractivity contribution in [1.29, 1.82) is 0 Å². The monoisotopic (exact) mass is 481 g/mol. The van der Waals surface area contributed by atoms with Crippen molar-refractivity contribution in [2.75, 3.05) is 6.61 Å². The van der Waals surface area contributed by atoms with E-state index in [2.05, 4.69) is 10.4 Å². The van der Waals surface area contributed by atoms with Crippen molar-refractivity contribution < 1.29 is 14.3 Å². The van der Waals surface area contributed by atoms with Gasteiger partial charge in [-0.1, -0.05) is 48.7 Å². The van der Waals surface area contributed by atoms with Gasteiger partial charge in [-0.25, -0.2) is 4.79 Å². The maximum Gasteiger partial charge on any atom is 0.359 e. The van der Waals surface area contributed by atoms with Gasteiger partial charge in [-0.05, 0) is 49.4 Å². The highest BCUT2D eigenvalue weighted by atomic mass is 35.5. The highest BCUT2D eigenvalue weighted by molar-refractivity contribution is 6.35. The Hall–Kier alpha value is -2.25. The van der Waals surface area contributed by atoms with Gasteiger partial charge in [0, 0.05) is 22.6 Å². The van der Waals surface area contributed by atoms with Gasteiger partial charge in [-0.15, -0.1) is 0 Å². The SMILES string of the molecule is CCOC(=O)c1nn(-c2ccc(Cl)cc2Cl)c(Oc2ccc(Cl)cc2)c1CNC(C)C. The van der Waals surface area contributed by atoms with Gasteiger partial charge in [0.05, 0.1) is 22.9 Å². The average molecular weight is 483 g/mol. The summed E-state index contributed by atoms with van der Waals surface area (Å²) in [7, 11) is 0. The number of nitrogens with one attached hydrogen (secondary N) is 1. The topological polar surface area (TPSA) is 65.4 Å². The third-order valence-electron chi connectivity index (χ3n) is 4.26. The zero-order valence-corrected chi connectivity index (χ0v) is 19.6. The van der Waals surface area contributed by atoms with Crippen LogP contribution in [0, 0.1) is 0 Å². The van der Waals surface area contributed by atoms with Gasteiger partial charge in [0.1, 0.15) is 5.75 Å². The summed E-state index contributed by atoms with van der Waals surface area (Å²) in [6, 6.07) is 12.0. The molecule has 3 aromatic rings. The summed E-state index contributed by atoms with van der Waals surface area (Å²) >= 11 is 18.5. The van der Waals surface area contributed by atoms with Crippen LogP contribution in [0.5, 0.6) is 11.6 Å². The Morgan fingerprint density at radius 1 is 1.10 bits per heavy atom. The van der Waals surface area contributed by atoms with Crippen molar-refractivity contribution in [3.8, 4) is 17.3 Å². The first-order chi connectivity index (χ1) is 14.8. The number of benzene rings is 2. The Bertz CT molecular complexity index is 1070. The van der Waals surface area contributed by atoms with E-state index in [-0.39, 0.29) is 18.3 Å². The molecule has 0 bridgehead atoms. The third-order valence-corrected chi connectivity index (χ3v) is 5.05. The number of carbonyl (C=O) groups excluding carboxylic acids is 1. The fourth-order valence-corrected chi connectivity index (χ4v) is 3.41. The summed E-state index contributed by atoms with van der Waals surface area (Å²) in [6.07, 6.45) is 0. The molecule has 164 valence electrons. The summed E-state index contributed by atoms with van der Waals surface area (Å²) < 4.78 is 12.9. The summed E-state index contributed by atoms with van der Waals surface area (Å²) in [6.45, 7) is 6.30. The minimum atomic E-state index is -0.548. The Morgan fingerprint density at radius 3 is 2.39 bits per heavy atom. The largest absolute Gasteiger partial charge is 0.461 e. The maximum absolute atomic E-state index is 12.7. The standard InChI is InChI=1S/C22H22Cl3N3O3/c1-4-30-22(29)20-17(12-26-13(2)3)21(31-16-8-5-14(23)6-9-16)28(27-20)19-10-7-15(24)11-18(19)25/h5-11,13,26H,4,12H2,1-3H3. The smallest absolute Gasteiger partial charge is 0.359 e. The van der Waals surface area contributed by atoms with E-state index in [1.54, 1.807) is 49.4 Å². The zero-order chi connectivity index (χ0) is 22.5. The molecule has 0 radical (unpaired) electrons. The molecule has 2 aromatic carbocycles. The molecule has 6 nitrogen and oxygen atoms in total. The molecule has 0 aliphatic rings. The Kier molecular flexibility index (Phi) is 7.84. The van der Waals surface area contributed by atoms with Crippen molar-refractivity contribution in [2.24, 2.45) is 0 Å². The highest BCUT2D eigenvalue weighted by Crippen LogP contribution is 2.35. The van der Waals surface area contributed by atoms with Gasteiger partial charge in [-0.2, -0.15) is 9.78 Å². The second kappa shape index (κ2) is 10.4. The number of esters is 1. The first-order valence-electron chi connectivity index (χ1n) is 9.71. The van der Waals surface area contributed by atoms with Gasteiger partial charge in [0.25, 0.3) is 0 Å². The van der Waals surface area contributed by atoms with Gasteiger partial charge in [0.15, 0.2) is 5.69 Å². The van der Waals surface area contributed by atoms with Crippen LogP contribution in [0.25, 0.3) is 5.69 Å². The van der Waals surface area contributed by atoms with Crippen LogP contribution < -0.4 is 10.1 Å². The Balaban J connectivity index is 2.19. The molecule has 1 aromatic heterocycles. The predicted octanol–water partition coefficient (Wildman–Crippen LogP) is 6.30. The molecule has 31 heavy (non-hydrogen) atoms. The minimum absolute atomic E-state index is 0.144. The van der Waals surface area contributed by atoms with E-state index < -0.39 is 5.97 Å². The first kappa shape index (κ1) is 23.4. The number of carbonyl (C=O) groups is 1. The van der Waals surface area contributed by atoms with E-state index in [1.165, 1.54) is 4.68 Å². The quantitative estimate of drug-likeness (QED) is 0.382. The van der Waals surface area contributed by atoms with Crippen LogP contribution in [0.1, 0.15) is 36.8 Å². The number of nitrogens with zero attached hydrogens (tertiary/aromatic N) is 2. The molecule has 0 spiro atoms. The summed E-state index contributed by atoms with van der Waals surface area (Å²) in [5.41, 5.74) is 1.20. The van der Waals surface area contributed by atoms with Crippen LogP contribution >= 0.6 is 34.8 Å². The molecule has 0 atom stereocenters. The Morgan fingerprint density at radius 2 is 1.77 bits per heavy atom. The fourth-order valence-electron chi connectivity index (χ4n) is 2.80. The molecular weight excluding hydrogens is 461 g/mol. The van der Waals surface area contributed by atoms with Crippen LogP contribution in [-0.2, 0) is 11.3 Å². The van der Waals surface area contributed by atoms with Crippen LogP contribution in [0.3, 0.4) is 0 Å². The normalized spacial score (nSPS) is 11.1. The van der Waals surface area contributed by atoms with Gasteiger partial charge < -0.3 is 14.8 Å². The van der Waals surface area contributed by atoms with Crippen molar-refractivity contribution in [3.05, 3.63) is 68.8 Å². The molecule has 3 rings (SSSR count). The Labute approximate surface area is 196 Å². The lowest BCUT2D eigenvalue weighted by molar-refractivity contribution is 0.0517. The number of hydrogen-bond donors (Lipinski definition) is 1. The average Bonchev–Trinajstić information content (AvgIpc) is 3.06. The lowest BCUT2D eigenvalue weighted by Crippen LogP contribution is -2.23. The van der Waals surface area contributed by atoms with Crippen LogP contribution in [-0.4, -0.2) is 28.4 Å². The van der Waals surface area contributed by atoms with E-state index in [0.29, 0.717) is 44.5 Å². The molecule has 0 unspecified atom stereocenters. The summed E-state index contributed by atoms with van der Waals surface area (Å²) in [4.78, 5) is 12.7. The number of hydrogen-bond acceptors (Lipinski definition) is 5. The van der Waals surface area contributed by atoms with E-state index >= 15 is 0 Å². The van der Waals surface area contributed by atoms with Crippen molar-refractivity contribution in [3.63, 3.8) is 0 Å². The van der Waals surface area contributed by atoms with Gasteiger partial charge in [-0.3, -0.25) is 0 Å². The van der Waals surface area contributed by atoms with Crippen LogP contribution in [0.4, 0.5) is 0 Å². The molecule has 0 saturated heterocycles. The van der Waals surface area contributed by atoms with E-state index in [9.17, 15) is 4.79 Å². The van der Waals surface area contributed by atoms with Crippen molar-refractivity contribution in [2.45, 2.75) is 33.4 Å². The van der Waals surface area contributed by atoms with Gasteiger partial charge >= 0.3 is 5.97 Å². The summed E-state index contributed by atoms with van der Waals surface area (Å²) in [5.74, 6) is 0.312. The van der Waals surface area contributed by atoms with E-state index in [4.69, 9.17) is 44.3 Å².